The van der Waals surface area contributed by atoms with E-state index in [1.165, 1.54) is 0 Å². The van der Waals surface area contributed by atoms with E-state index in [9.17, 15) is 0 Å². The minimum absolute atomic E-state index is 0.0415. The summed E-state index contributed by atoms with van der Waals surface area (Å²) >= 11 is 0. The molecule has 0 bridgehead atoms. The van der Waals surface area contributed by atoms with Gasteiger partial charge in [0, 0.05) is 0 Å². The summed E-state index contributed by atoms with van der Waals surface area (Å²) in [7, 11) is 0. The zero-order valence-electron chi connectivity index (χ0n) is 6.10. The number of epoxide rings is 2. The van der Waals surface area contributed by atoms with Gasteiger partial charge in [0.05, 0.1) is 13.2 Å². The number of hydrogen-bond donors (Lipinski definition) is 2. The third-order valence-electron chi connectivity index (χ3n) is 1.77. The largest absolute Gasteiger partial charge is 0.369 e. The van der Waals surface area contributed by atoms with E-state index in [1.54, 1.807) is 0 Å². The van der Waals surface area contributed by atoms with E-state index in [-0.39, 0.29) is 12.2 Å². The molecule has 5 heteroatoms. The number of rotatable bonds is 4. The maximum absolute atomic E-state index is 5.56. The average Bonchev–Trinajstić information content (AvgIpc) is 2.84. The second-order valence-corrected chi connectivity index (χ2v) is 2.81. The average molecular weight is 160 g/mol. The maximum atomic E-state index is 5.56. The highest BCUT2D eigenvalue weighted by atomic mass is 16.6. The summed E-state index contributed by atoms with van der Waals surface area (Å²) in [6.07, 6.45) is -0.706. The molecule has 0 aromatic heterocycles. The molecular formula is C6H12N2O3. The lowest BCUT2D eigenvalue weighted by molar-refractivity contribution is -0.0312. The molecule has 5 nitrogen and oxygen atoms in total. The molecule has 0 spiro atoms. The topological polar surface area (TPSA) is 86.3 Å². The molecule has 4 atom stereocenters. The predicted molar refractivity (Wildman–Crippen MR) is 36.5 cm³/mol. The summed E-state index contributed by atoms with van der Waals surface area (Å²) in [4.78, 5) is 0. The maximum Gasteiger partial charge on any atom is 0.136 e. The molecule has 0 radical (unpaired) electrons. The standard InChI is InChI=1S/C6H12N2O3/c7-5(3-1-9-3)11-6(8)4-2-10-4/h3-6H,1-2,7-8H2. The van der Waals surface area contributed by atoms with Gasteiger partial charge in [0.2, 0.25) is 0 Å². The molecule has 0 aromatic rings. The Labute approximate surface area is 64.6 Å². The van der Waals surface area contributed by atoms with E-state index in [1.807, 2.05) is 0 Å². The molecule has 0 aliphatic carbocycles. The smallest absolute Gasteiger partial charge is 0.136 e. The molecular weight excluding hydrogens is 148 g/mol. The first-order valence-electron chi connectivity index (χ1n) is 3.67. The Kier molecular flexibility index (Phi) is 1.82. The molecule has 2 aliphatic rings. The van der Waals surface area contributed by atoms with Gasteiger partial charge >= 0.3 is 0 Å². The Balaban J connectivity index is 1.69. The monoisotopic (exact) mass is 160 g/mol. The van der Waals surface area contributed by atoms with Crippen molar-refractivity contribution in [2.45, 2.75) is 24.7 Å². The molecule has 2 rings (SSSR count). The third kappa shape index (κ3) is 1.88. The van der Waals surface area contributed by atoms with Crippen LogP contribution in [0.15, 0.2) is 0 Å². The quantitative estimate of drug-likeness (QED) is 0.381. The van der Waals surface area contributed by atoms with E-state index in [0.717, 1.165) is 0 Å². The van der Waals surface area contributed by atoms with Crippen LogP contribution in [0.3, 0.4) is 0 Å². The molecule has 0 amide bonds. The van der Waals surface area contributed by atoms with Gasteiger partial charge in [0.1, 0.15) is 24.7 Å². The van der Waals surface area contributed by atoms with Gasteiger partial charge in [0.25, 0.3) is 0 Å². The Bertz CT molecular complexity index is 131. The first-order chi connectivity index (χ1) is 5.27. The van der Waals surface area contributed by atoms with Crippen molar-refractivity contribution in [2.24, 2.45) is 11.5 Å². The van der Waals surface area contributed by atoms with Crippen molar-refractivity contribution in [1.29, 1.82) is 0 Å². The molecule has 4 N–H and O–H groups in total. The van der Waals surface area contributed by atoms with Crippen molar-refractivity contribution in [2.75, 3.05) is 13.2 Å². The van der Waals surface area contributed by atoms with Gasteiger partial charge in [0.15, 0.2) is 0 Å². The molecule has 2 saturated heterocycles. The van der Waals surface area contributed by atoms with Crippen LogP contribution >= 0.6 is 0 Å². The minimum atomic E-state index is -0.394. The van der Waals surface area contributed by atoms with Crippen LogP contribution < -0.4 is 11.5 Å². The molecule has 2 aliphatic heterocycles. The molecule has 4 unspecified atom stereocenters. The highest BCUT2D eigenvalue weighted by Gasteiger charge is 2.37. The van der Waals surface area contributed by atoms with Gasteiger partial charge in [-0.1, -0.05) is 0 Å². The molecule has 0 aromatic carbocycles. The fourth-order valence-electron chi connectivity index (χ4n) is 0.847. The van der Waals surface area contributed by atoms with Crippen molar-refractivity contribution in [3.8, 4) is 0 Å². The van der Waals surface area contributed by atoms with E-state index in [0.29, 0.717) is 13.2 Å². The Morgan fingerprint density at radius 1 is 1.09 bits per heavy atom. The summed E-state index contributed by atoms with van der Waals surface area (Å²) in [6, 6.07) is 0. The Hall–Kier alpha value is -0.200. The van der Waals surface area contributed by atoms with E-state index in [4.69, 9.17) is 25.7 Å². The predicted octanol–water partition coefficient (Wildman–Crippen LogP) is -1.63. The van der Waals surface area contributed by atoms with Crippen LogP contribution in [0.25, 0.3) is 0 Å². The van der Waals surface area contributed by atoms with Gasteiger partial charge in [-0.2, -0.15) is 0 Å². The summed E-state index contributed by atoms with van der Waals surface area (Å²) in [5.74, 6) is 0. The van der Waals surface area contributed by atoms with Crippen LogP contribution in [-0.4, -0.2) is 37.9 Å². The first-order valence-corrected chi connectivity index (χ1v) is 3.67. The van der Waals surface area contributed by atoms with Crippen LogP contribution in [0.1, 0.15) is 0 Å². The van der Waals surface area contributed by atoms with Crippen molar-refractivity contribution in [3.63, 3.8) is 0 Å². The number of nitrogens with two attached hydrogens (primary N) is 2. The van der Waals surface area contributed by atoms with E-state index < -0.39 is 12.5 Å². The summed E-state index contributed by atoms with van der Waals surface area (Å²) in [5.41, 5.74) is 11.1. The number of hydrogen-bond acceptors (Lipinski definition) is 5. The van der Waals surface area contributed by atoms with Crippen molar-refractivity contribution >= 4 is 0 Å². The van der Waals surface area contributed by atoms with Gasteiger partial charge < -0.3 is 25.7 Å². The van der Waals surface area contributed by atoms with Gasteiger partial charge in [-0.05, 0) is 0 Å². The van der Waals surface area contributed by atoms with Gasteiger partial charge in [-0.25, -0.2) is 0 Å². The summed E-state index contributed by atoms with van der Waals surface area (Å²) < 4.78 is 15.1. The normalized spacial score (nSPS) is 39.8. The summed E-state index contributed by atoms with van der Waals surface area (Å²) in [5, 5.41) is 0. The Morgan fingerprint density at radius 3 is 1.73 bits per heavy atom. The summed E-state index contributed by atoms with van der Waals surface area (Å²) in [6.45, 7) is 1.36. The van der Waals surface area contributed by atoms with Crippen LogP contribution in [0.2, 0.25) is 0 Å². The van der Waals surface area contributed by atoms with E-state index in [2.05, 4.69) is 0 Å². The molecule has 2 fully saturated rings. The highest BCUT2D eigenvalue weighted by Crippen LogP contribution is 2.18. The fourth-order valence-corrected chi connectivity index (χ4v) is 0.847. The van der Waals surface area contributed by atoms with Gasteiger partial charge in [-0.3, -0.25) is 0 Å². The lowest BCUT2D eigenvalue weighted by Crippen LogP contribution is -2.41. The molecule has 2 heterocycles. The second-order valence-electron chi connectivity index (χ2n) is 2.81. The van der Waals surface area contributed by atoms with Gasteiger partial charge in [-0.15, -0.1) is 0 Å². The second kappa shape index (κ2) is 2.69. The van der Waals surface area contributed by atoms with Crippen LogP contribution in [0, 0.1) is 0 Å². The van der Waals surface area contributed by atoms with Crippen LogP contribution in [0.4, 0.5) is 0 Å². The SMILES string of the molecule is NC(OC(N)C1CO1)C1CO1. The zero-order chi connectivity index (χ0) is 7.84. The van der Waals surface area contributed by atoms with Crippen molar-refractivity contribution < 1.29 is 14.2 Å². The number of ether oxygens (including phenoxy) is 3. The first kappa shape index (κ1) is 7.45. The van der Waals surface area contributed by atoms with Crippen LogP contribution in [-0.2, 0) is 14.2 Å². The van der Waals surface area contributed by atoms with Crippen molar-refractivity contribution in [3.05, 3.63) is 0 Å². The molecule has 0 saturated carbocycles. The fraction of sp³-hybridized carbons (Fsp3) is 1.00. The molecule has 64 valence electrons. The molecule has 11 heavy (non-hydrogen) atoms. The lowest BCUT2D eigenvalue weighted by atomic mass is 10.4. The third-order valence-corrected chi connectivity index (χ3v) is 1.77. The highest BCUT2D eigenvalue weighted by molar-refractivity contribution is 4.80. The lowest BCUT2D eigenvalue weighted by Gasteiger charge is -2.14. The minimum Gasteiger partial charge on any atom is -0.369 e. The zero-order valence-corrected chi connectivity index (χ0v) is 6.10. The van der Waals surface area contributed by atoms with Crippen LogP contribution in [0.5, 0.6) is 0 Å². The Morgan fingerprint density at radius 2 is 1.45 bits per heavy atom. The van der Waals surface area contributed by atoms with E-state index >= 15 is 0 Å². The van der Waals surface area contributed by atoms with Crippen molar-refractivity contribution in [1.82, 2.24) is 0 Å².